The van der Waals surface area contributed by atoms with E-state index in [1.54, 1.807) is 0 Å². The Labute approximate surface area is 156 Å². The minimum absolute atomic E-state index is 0.217. The van der Waals surface area contributed by atoms with E-state index in [1.807, 2.05) is 0 Å². The predicted molar refractivity (Wildman–Crippen MR) is 95.7 cm³/mol. The summed E-state index contributed by atoms with van der Waals surface area (Å²) in [5.41, 5.74) is 0. The third-order valence-corrected chi connectivity index (χ3v) is 7.26. The molecule has 0 N–H and O–H groups in total. The van der Waals surface area contributed by atoms with Gasteiger partial charge in [0.1, 0.15) is 0 Å². The summed E-state index contributed by atoms with van der Waals surface area (Å²) in [4.78, 5) is 17.7. The van der Waals surface area contributed by atoms with Gasteiger partial charge in [0.2, 0.25) is 5.91 Å². The molecule has 2 saturated carbocycles. The standard InChI is InChI=1S/C20H32N2O4/c23-20(19-15-12-25-13-16(15)19)22-6-8-26-18-10-14(9-17(18)22)11-24-7-5-21-3-1-2-4-21/h14-19H,1-13H2/t14?,15-,16+,17?,18?,19?. The van der Waals surface area contributed by atoms with Gasteiger partial charge in [0.05, 0.1) is 38.6 Å². The molecule has 6 heteroatoms. The number of nitrogens with zero attached hydrogens (tertiary/aromatic N) is 2. The molecule has 0 bridgehead atoms. The van der Waals surface area contributed by atoms with Crippen molar-refractivity contribution in [1.29, 1.82) is 0 Å². The molecule has 3 heterocycles. The van der Waals surface area contributed by atoms with Crippen molar-refractivity contribution in [2.45, 2.75) is 37.8 Å². The van der Waals surface area contributed by atoms with Crippen LogP contribution in [-0.4, -0.2) is 87.1 Å². The van der Waals surface area contributed by atoms with Crippen molar-refractivity contribution in [2.24, 2.45) is 23.7 Å². The summed E-state index contributed by atoms with van der Waals surface area (Å²) < 4.78 is 17.5. The van der Waals surface area contributed by atoms with Gasteiger partial charge in [-0.05, 0) is 56.5 Å². The van der Waals surface area contributed by atoms with Gasteiger partial charge in [-0.3, -0.25) is 4.79 Å². The zero-order chi connectivity index (χ0) is 17.5. The van der Waals surface area contributed by atoms with Gasteiger partial charge in [-0.2, -0.15) is 0 Å². The quantitative estimate of drug-likeness (QED) is 0.658. The van der Waals surface area contributed by atoms with Gasteiger partial charge >= 0.3 is 0 Å². The molecule has 6 nitrogen and oxygen atoms in total. The van der Waals surface area contributed by atoms with Gasteiger partial charge < -0.3 is 24.0 Å². The van der Waals surface area contributed by atoms with Crippen molar-refractivity contribution in [3.05, 3.63) is 0 Å². The average molecular weight is 364 g/mol. The molecular formula is C20H32N2O4. The molecule has 146 valence electrons. The number of hydrogen-bond donors (Lipinski definition) is 0. The van der Waals surface area contributed by atoms with Crippen LogP contribution in [0.5, 0.6) is 0 Å². The van der Waals surface area contributed by atoms with Gasteiger partial charge in [0, 0.05) is 25.6 Å². The molecule has 2 aliphatic carbocycles. The van der Waals surface area contributed by atoms with Crippen molar-refractivity contribution < 1.29 is 19.0 Å². The Bertz CT molecular complexity index is 514. The summed E-state index contributed by atoms with van der Waals surface area (Å²) in [5.74, 6) is 2.12. The highest BCUT2D eigenvalue weighted by Gasteiger charge is 2.60. The number of morpholine rings is 1. The smallest absolute Gasteiger partial charge is 0.226 e. The third-order valence-electron chi connectivity index (χ3n) is 7.26. The Balaban J connectivity index is 1.10. The van der Waals surface area contributed by atoms with E-state index in [4.69, 9.17) is 14.2 Å². The first kappa shape index (κ1) is 17.4. The van der Waals surface area contributed by atoms with E-state index < -0.39 is 0 Å². The fourth-order valence-electron chi connectivity index (χ4n) is 5.71. The minimum Gasteiger partial charge on any atom is -0.381 e. The highest BCUT2D eigenvalue weighted by molar-refractivity contribution is 5.83. The fourth-order valence-corrected chi connectivity index (χ4v) is 5.71. The molecule has 26 heavy (non-hydrogen) atoms. The Morgan fingerprint density at radius 1 is 1.08 bits per heavy atom. The first-order chi connectivity index (χ1) is 12.8. The van der Waals surface area contributed by atoms with Crippen LogP contribution in [0.2, 0.25) is 0 Å². The van der Waals surface area contributed by atoms with E-state index >= 15 is 0 Å². The molecule has 6 atom stereocenters. The molecule has 5 fully saturated rings. The number of ether oxygens (including phenoxy) is 3. The number of hydrogen-bond acceptors (Lipinski definition) is 5. The molecule has 3 aliphatic heterocycles. The first-order valence-corrected chi connectivity index (χ1v) is 10.6. The highest BCUT2D eigenvalue weighted by atomic mass is 16.5. The lowest BCUT2D eigenvalue weighted by Crippen LogP contribution is -2.52. The molecular weight excluding hydrogens is 332 g/mol. The van der Waals surface area contributed by atoms with Gasteiger partial charge in [-0.15, -0.1) is 0 Å². The summed E-state index contributed by atoms with van der Waals surface area (Å²) in [5, 5.41) is 0. The summed E-state index contributed by atoms with van der Waals surface area (Å²) in [6.07, 6.45) is 4.97. The fraction of sp³-hybridized carbons (Fsp3) is 0.950. The molecule has 0 radical (unpaired) electrons. The molecule has 5 aliphatic rings. The van der Waals surface area contributed by atoms with Crippen molar-refractivity contribution >= 4 is 5.91 Å². The van der Waals surface area contributed by atoms with Crippen molar-refractivity contribution in [3.63, 3.8) is 0 Å². The van der Waals surface area contributed by atoms with Crippen LogP contribution in [0.4, 0.5) is 0 Å². The lowest BCUT2D eigenvalue weighted by Gasteiger charge is -2.38. The second-order valence-corrected chi connectivity index (χ2v) is 8.86. The Hall–Kier alpha value is -0.690. The first-order valence-electron chi connectivity index (χ1n) is 10.6. The Morgan fingerprint density at radius 3 is 2.69 bits per heavy atom. The summed E-state index contributed by atoms with van der Waals surface area (Å²) in [7, 11) is 0. The lowest BCUT2D eigenvalue weighted by atomic mass is 10.1. The number of rotatable bonds is 6. The number of fused-ring (bicyclic) bond motifs is 2. The molecule has 0 aromatic rings. The van der Waals surface area contributed by atoms with Crippen molar-refractivity contribution in [2.75, 3.05) is 59.2 Å². The van der Waals surface area contributed by atoms with E-state index in [1.165, 1.54) is 25.9 Å². The Kier molecular flexibility index (Phi) is 4.94. The molecule has 0 aromatic carbocycles. The largest absolute Gasteiger partial charge is 0.381 e. The van der Waals surface area contributed by atoms with Gasteiger partial charge in [-0.1, -0.05) is 0 Å². The van der Waals surface area contributed by atoms with Crippen molar-refractivity contribution in [3.8, 4) is 0 Å². The monoisotopic (exact) mass is 364 g/mol. The van der Waals surface area contributed by atoms with Crippen LogP contribution in [0.1, 0.15) is 25.7 Å². The van der Waals surface area contributed by atoms with E-state index in [0.717, 1.165) is 52.4 Å². The molecule has 0 aromatic heterocycles. The van der Waals surface area contributed by atoms with Crippen LogP contribution >= 0.6 is 0 Å². The number of likely N-dealkylation sites (tertiary alicyclic amines) is 1. The zero-order valence-corrected chi connectivity index (χ0v) is 15.7. The number of amides is 1. The zero-order valence-electron chi connectivity index (χ0n) is 15.7. The maximum absolute atomic E-state index is 13.0. The highest BCUT2D eigenvalue weighted by Crippen LogP contribution is 2.52. The van der Waals surface area contributed by atoms with Crippen LogP contribution in [-0.2, 0) is 19.0 Å². The molecule has 1 amide bonds. The summed E-state index contributed by atoms with van der Waals surface area (Å²) in [6.45, 7) is 8.20. The van der Waals surface area contributed by atoms with Crippen LogP contribution in [0, 0.1) is 23.7 Å². The molecule has 4 unspecified atom stereocenters. The van der Waals surface area contributed by atoms with Gasteiger partial charge in [0.25, 0.3) is 0 Å². The van der Waals surface area contributed by atoms with E-state index in [2.05, 4.69) is 9.80 Å². The minimum atomic E-state index is 0.217. The second-order valence-electron chi connectivity index (χ2n) is 8.86. The number of carbonyl (C=O) groups excluding carboxylic acids is 1. The number of carbonyl (C=O) groups is 1. The maximum Gasteiger partial charge on any atom is 0.226 e. The van der Waals surface area contributed by atoms with Gasteiger partial charge in [-0.25, -0.2) is 0 Å². The van der Waals surface area contributed by atoms with Crippen LogP contribution in [0.15, 0.2) is 0 Å². The topological polar surface area (TPSA) is 51.2 Å². The van der Waals surface area contributed by atoms with Crippen LogP contribution < -0.4 is 0 Å². The van der Waals surface area contributed by atoms with Crippen molar-refractivity contribution in [1.82, 2.24) is 9.80 Å². The molecule has 3 saturated heterocycles. The van der Waals surface area contributed by atoms with E-state index in [9.17, 15) is 4.79 Å². The van der Waals surface area contributed by atoms with Crippen LogP contribution in [0.25, 0.3) is 0 Å². The predicted octanol–water partition coefficient (Wildman–Crippen LogP) is 0.997. The normalized spacial score (nSPS) is 42.1. The SMILES string of the molecule is O=C(C1[C@H]2COC[C@@H]12)N1CCOC2CC(COCCN3CCCC3)CC21. The molecule has 5 rings (SSSR count). The molecule has 0 spiro atoms. The average Bonchev–Trinajstić information content (AvgIpc) is 3.14. The lowest BCUT2D eigenvalue weighted by molar-refractivity contribution is -0.146. The summed E-state index contributed by atoms with van der Waals surface area (Å²) >= 11 is 0. The Morgan fingerprint density at radius 2 is 1.88 bits per heavy atom. The van der Waals surface area contributed by atoms with Crippen LogP contribution in [0.3, 0.4) is 0 Å². The third kappa shape index (κ3) is 3.30. The maximum atomic E-state index is 13.0. The van der Waals surface area contributed by atoms with Gasteiger partial charge in [0.15, 0.2) is 0 Å². The summed E-state index contributed by atoms with van der Waals surface area (Å²) in [6, 6.07) is 0.269. The second kappa shape index (κ2) is 7.38. The van der Waals surface area contributed by atoms with E-state index in [0.29, 0.717) is 30.3 Å². The van der Waals surface area contributed by atoms with E-state index in [-0.39, 0.29) is 18.1 Å².